The Morgan fingerprint density at radius 1 is 1.33 bits per heavy atom. The van der Waals surface area contributed by atoms with Crippen molar-refractivity contribution in [1.29, 1.82) is 0 Å². The molecule has 4 rings (SSSR count). The molecular formula is C18H20N4O2. The Hall–Kier alpha value is -2.63. The molecule has 2 aliphatic rings. The summed E-state index contributed by atoms with van der Waals surface area (Å²) in [6.07, 6.45) is 2.24. The SMILES string of the molecule is CC[C@@H]1CC(=O)NN=C1N1CCc2nc(-c3ccccc3)oc2C1. The van der Waals surface area contributed by atoms with Gasteiger partial charge in [0, 0.05) is 30.9 Å². The summed E-state index contributed by atoms with van der Waals surface area (Å²) in [6, 6.07) is 9.95. The Morgan fingerprint density at radius 3 is 2.96 bits per heavy atom. The molecule has 1 amide bonds. The molecule has 0 saturated carbocycles. The molecule has 0 radical (unpaired) electrons. The summed E-state index contributed by atoms with van der Waals surface area (Å²) in [7, 11) is 0. The van der Waals surface area contributed by atoms with E-state index in [1.807, 2.05) is 30.3 Å². The average Bonchev–Trinajstić information content (AvgIpc) is 3.05. The van der Waals surface area contributed by atoms with Crippen LogP contribution in [-0.4, -0.2) is 28.2 Å². The first-order valence-electron chi connectivity index (χ1n) is 8.40. The Kier molecular flexibility index (Phi) is 3.80. The predicted molar refractivity (Wildman–Crippen MR) is 90.0 cm³/mol. The van der Waals surface area contributed by atoms with Crippen molar-refractivity contribution in [3.8, 4) is 11.5 Å². The van der Waals surface area contributed by atoms with E-state index in [1.165, 1.54) is 0 Å². The van der Waals surface area contributed by atoms with Crippen molar-refractivity contribution in [2.45, 2.75) is 32.7 Å². The minimum absolute atomic E-state index is 0.00525. The number of carbonyl (C=O) groups excluding carboxylic acids is 1. The predicted octanol–water partition coefficient (Wildman–Crippen LogP) is 2.56. The molecule has 2 aliphatic heterocycles. The van der Waals surface area contributed by atoms with E-state index in [9.17, 15) is 4.79 Å². The molecule has 0 bridgehead atoms. The summed E-state index contributed by atoms with van der Waals surface area (Å²) < 4.78 is 6.01. The second-order valence-corrected chi connectivity index (χ2v) is 6.24. The molecule has 1 N–H and O–H groups in total. The van der Waals surface area contributed by atoms with Gasteiger partial charge in [0.05, 0.1) is 12.2 Å². The number of hydrogen-bond acceptors (Lipinski definition) is 5. The molecule has 3 heterocycles. The summed E-state index contributed by atoms with van der Waals surface area (Å²) in [4.78, 5) is 18.4. The van der Waals surface area contributed by atoms with E-state index in [0.29, 0.717) is 18.9 Å². The van der Waals surface area contributed by atoms with Crippen LogP contribution in [0.25, 0.3) is 11.5 Å². The van der Waals surface area contributed by atoms with Gasteiger partial charge < -0.3 is 9.32 Å². The van der Waals surface area contributed by atoms with E-state index in [0.717, 1.165) is 42.2 Å². The number of oxazole rings is 1. The molecule has 124 valence electrons. The lowest BCUT2D eigenvalue weighted by atomic mass is 9.97. The van der Waals surface area contributed by atoms with Gasteiger partial charge in [0.1, 0.15) is 11.6 Å². The summed E-state index contributed by atoms with van der Waals surface area (Å²) >= 11 is 0. The molecule has 2 aromatic rings. The lowest BCUT2D eigenvalue weighted by molar-refractivity contribution is -0.122. The first kappa shape index (κ1) is 14.9. The molecule has 1 aromatic carbocycles. The maximum Gasteiger partial charge on any atom is 0.240 e. The third-order valence-corrected chi connectivity index (χ3v) is 4.66. The number of hydrogen-bond donors (Lipinski definition) is 1. The van der Waals surface area contributed by atoms with E-state index in [-0.39, 0.29) is 11.8 Å². The van der Waals surface area contributed by atoms with Crippen LogP contribution in [0.5, 0.6) is 0 Å². The van der Waals surface area contributed by atoms with Gasteiger partial charge in [-0.05, 0) is 18.6 Å². The van der Waals surface area contributed by atoms with Crippen LogP contribution in [0, 0.1) is 5.92 Å². The molecule has 0 spiro atoms. The fraction of sp³-hybridized carbons (Fsp3) is 0.389. The van der Waals surface area contributed by atoms with Crippen molar-refractivity contribution >= 4 is 11.7 Å². The van der Waals surface area contributed by atoms with Crippen LogP contribution in [-0.2, 0) is 17.8 Å². The quantitative estimate of drug-likeness (QED) is 0.921. The molecule has 0 unspecified atom stereocenters. The largest absolute Gasteiger partial charge is 0.439 e. The van der Waals surface area contributed by atoms with Gasteiger partial charge in [0.15, 0.2) is 0 Å². The van der Waals surface area contributed by atoms with Crippen LogP contribution in [0.1, 0.15) is 31.2 Å². The van der Waals surface area contributed by atoms with E-state index in [4.69, 9.17) is 4.42 Å². The highest BCUT2D eigenvalue weighted by Crippen LogP contribution is 2.28. The number of amides is 1. The molecule has 0 fully saturated rings. The number of amidine groups is 1. The van der Waals surface area contributed by atoms with Crippen molar-refractivity contribution in [3.63, 3.8) is 0 Å². The van der Waals surface area contributed by atoms with Gasteiger partial charge in [-0.3, -0.25) is 4.79 Å². The normalized spacial score (nSPS) is 20.4. The number of fused-ring (bicyclic) bond motifs is 1. The fourth-order valence-corrected chi connectivity index (χ4v) is 3.32. The molecule has 24 heavy (non-hydrogen) atoms. The molecule has 1 atom stereocenters. The Labute approximate surface area is 140 Å². The van der Waals surface area contributed by atoms with Crippen molar-refractivity contribution in [1.82, 2.24) is 15.3 Å². The zero-order valence-corrected chi connectivity index (χ0v) is 13.7. The number of aromatic nitrogens is 1. The molecule has 6 nitrogen and oxygen atoms in total. The minimum Gasteiger partial charge on any atom is -0.439 e. The highest BCUT2D eigenvalue weighted by atomic mass is 16.4. The van der Waals surface area contributed by atoms with E-state index < -0.39 is 0 Å². The summed E-state index contributed by atoms with van der Waals surface area (Å²) in [5, 5.41) is 4.31. The Morgan fingerprint density at radius 2 is 2.17 bits per heavy atom. The second-order valence-electron chi connectivity index (χ2n) is 6.24. The third kappa shape index (κ3) is 2.68. The van der Waals surface area contributed by atoms with Gasteiger partial charge in [0.2, 0.25) is 11.8 Å². The lowest BCUT2D eigenvalue weighted by Gasteiger charge is -2.33. The average molecular weight is 324 g/mol. The molecule has 1 aromatic heterocycles. The smallest absolute Gasteiger partial charge is 0.240 e. The van der Waals surface area contributed by atoms with E-state index in [2.05, 4.69) is 27.3 Å². The summed E-state index contributed by atoms with van der Waals surface area (Å²) in [5.41, 5.74) is 4.63. The summed E-state index contributed by atoms with van der Waals surface area (Å²) in [5.74, 6) is 2.70. The van der Waals surface area contributed by atoms with Crippen LogP contribution >= 0.6 is 0 Å². The maximum atomic E-state index is 11.6. The van der Waals surface area contributed by atoms with Gasteiger partial charge in [-0.25, -0.2) is 10.4 Å². The first-order chi connectivity index (χ1) is 11.7. The van der Waals surface area contributed by atoms with Crippen LogP contribution in [0.3, 0.4) is 0 Å². The Bertz CT molecular complexity index is 782. The van der Waals surface area contributed by atoms with Gasteiger partial charge in [-0.15, -0.1) is 0 Å². The van der Waals surface area contributed by atoms with Crippen molar-refractivity contribution in [3.05, 3.63) is 41.8 Å². The zero-order chi connectivity index (χ0) is 16.5. The van der Waals surface area contributed by atoms with Crippen LogP contribution in [0.2, 0.25) is 0 Å². The number of rotatable bonds is 2. The number of nitrogens with zero attached hydrogens (tertiary/aromatic N) is 3. The van der Waals surface area contributed by atoms with Gasteiger partial charge in [0.25, 0.3) is 0 Å². The fourth-order valence-electron chi connectivity index (χ4n) is 3.32. The van der Waals surface area contributed by atoms with Crippen LogP contribution in [0.4, 0.5) is 0 Å². The lowest BCUT2D eigenvalue weighted by Crippen LogP contribution is -2.45. The minimum atomic E-state index is -0.00525. The Balaban J connectivity index is 1.58. The van der Waals surface area contributed by atoms with E-state index in [1.54, 1.807) is 0 Å². The topological polar surface area (TPSA) is 70.7 Å². The molecule has 6 heteroatoms. The van der Waals surface area contributed by atoms with Crippen molar-refractivity contribution in [2.75, 3.05) is 6.54 Å². The van der Waals surface area contributed by atoms with Gasteiger partial charge in [-0.1, -0.05) is 25.1 Å². The van der Waals surface area contributed by atoms with Crippen LogP contribution < -0.4 is 5.43 Å². The standard InChI is InChI=1S/C18H20N4O2/c1-2-12-10-16(23)20-21-17(12)22-9-8-14-15(11-22)24-18(19-14)13-6-4-3-5-7-13/h3-7,12H,2,8-11H2,1H3,(H,20,23)/t12-/m1/s1. The molecular weight excluding hydrogens is 304 g/mol. The monoisotopic (exact) mass is 324 g/mol. The summed E-state index contributed by atoms with van der Waals surface area (Å²) in [6.45, 7) is 3.59. The number of carbonyl (C=O) groups is 1. The van der Waals surface area contributed by atoms with E-state index >= 15 is 0 Å². The van der Waals surface area contributed by atoms with Gasteiger partial charge in [-0.2, -0.15) is 5.10 Å². The zero-order valence-electron chi connectivity index (χ0n) is 13.7. The van der Waals surface area contributed by atoms with Gasteiger partial charge >= 0.3 is 0 Å². The van der Waals surface area contributed by atoms with Crippen molar-refractivity contribution < 1.29 is 9.21 Å². The maximum absolute atomic E-state index is 11.6. The second kappa shape index (κ2) is 6.11. The van der Waals surface area contributed by atoms with Crippen molar-refractivity contribution in [2.24, 2.45) is 11.0 Å². The highest BCUT2D eigenvalue weighted by Gasteiger charge is 2.31. The number of hydrazone groups is 1. The molecule has 0 saturated heterocycles. The van der Waals surface area contributed by atoms with Crippen LogP contribution in [0.15, 0.2) is 39.9 Å². The number of nitrogens with one attached hydrogen (secondary N) is 1. The molecule has 0 aliphatic carbocycles. The third-order valence-electron chi connectivity index (χ3n) is 4.66. The first-order valence-corrected chi connectivity index (χ1v) is 8.40. The highest BCUT2D eigenvalue weighted by molar-refractivity contribution is 5.93. The number of benzene rings is 1.